The molecule has 3 nitrogen and oxygen atoms in total. The fourth-order valence-corrected chi connectivity index (χ4v) is 3.17. The molecule has 1 fully saturated rings. The number of hydrogen-bond acceptors (Lipinski definition) is 4. The summed E-state index contributed by atoms with van der Waals surface area (Å²) < 4.78 is 1.18. The van der Waals surface area contributed by atoms with Crippen LogP contribution >= 0.6 is 11.3 Å². The van der Waals surface area contributed by atoms with Crippen LogP contribution in [0.3, 0.4) is 0 Å². The highest BCUT2D eigenvalue weighted by atomic mass is 32.1. The van der Waals surface area contributed by atoms with Gasteiger partial charge < -0.3 is 10.6 Å². The van der Waals surface area contributed by atoms with Gasteiger partial charge in [0.05, 0.1) is 21.6 Å². The van der Waals surface area contributed by atoms with Gasteiger partial charge in [0.1, 0.15) is 5.52 Å². The van der Waals surface area contributed by atoms with E-state index in [0.717, 1.165) is 23.7 Å². The molecule has 0 saturated heterocycles. The normalized spacial score (nSPS) is 15.3. The van der Waals surface area contributed by atoms with Gasteiger partial charge >= 0.3 is 0 Å². The number of nitrogen functional groups attached to an aromatic ring is 1. The first kappa shape index (κ1) is 12.7. The van der Waals surface area contributed by atoms with Gasteiger partial charge in [-0.15, -0.1) is 11.3 Å². The zero-order chi connectivity index (χ0) is 13.4. The van der Waals surface area contributed by atoms with E-state index in [9.17, 15) is 0 Å². The van der Waals surface area contributed by atoms with Gasteiger partial charge in [-0.2, -0.15) is 0 Å². The summed E-state index contributed by atoms with van der Waals surface area (Å²) in [5.74, 6) is 0.727. The van der Waals surface area contributed by atoms with Crippen LogP contribution in [0, 0.1) is 5.92 Å². The predicted octanol–water partition coefficient (Wildman–Crippen LogP) is 3.89. The molecule has 0 atom stereocenters. The lowest BCUT2D eigenvalue weighted by Gasteiger charge is -2.27. The van der Waals surface area contributed by atoms with Crippen molar-refractivity contribution in [3.8, 4) is 0 Å². The highest BCUT2D eigenvalue weighted by Gasteiger charge is 2.30. The molecular weight excluding hydrogens is 254 g/mol. The van der Waals surface area contributed by atoms with Gasteiger partial charge in [0, 0.05) is 12.6 Å². The molecule has 1 aliphatic carbocycles. The third-order valence-electron chi connectivity index (χ3n) is 3.76. The molecule has 1 aromatic carbocycles. The Bertz CT molecular complexity index is 572. The largest absolute Gasteiger partial charge is 0.395 e. The van der Waals surface area contributed by atoms with E-state index in [0.29, 0.717) is 6.04 Å². The lowest BCUT2D eigenvalue weighted by atomic mass is 10.1. The molecule has 0 amide bonds. The van der Waals surface area contributed by atoms with Crippen LogP contribution in [0.5, 0.6) is 0 Å². The molecule has 2 aromatic rings. The first-order valence-electron chi connectivity index (χ1n) is 7.05. The summed E-state index contributed by atoms with van der Waals surface area (Å²) >= 11 is 1.65. The van der Waals surface area contributed by atoms with E-state index in [1.807, 2.05) is 5.51 Å². The summed E-state index contributed by atoms with van der Waals surface area (Å²) in [7, 11) is 0. The van der Waals surface area contributed by atoms with Crippen molar-refractivity contribution in [1.29, 1.82) is 0 Å². The number of thiazole rings is 1. The standard InChI is InChI=1S/C15H21N3S/c1-10(2)7-8-18(11-3-4-11)12-5-6-13-15(14(12)16)17-9-19-13/h5-6,9-11H,3-4,7-8,16H2,1-2H3. The van der Waals surface area contributed by atoms with Crippen LogP contribution in [-0.2, 0) is 0 Å². The van der Waals surface area contributed by atoms with Gasteiger partial charge in [-0.25, -0.2) is 4.98 Å². The van der Waals surface area contributed by atoms with Gasteiger partial charge in [-0.05, 0) is 37.3 Å². The Morgan fingerprint density at radius 3 is 2.89 bits per heavy atom. The monoisotopic (exact) mass is 275 g/mol. The summed E-state index contributed by atoms with van der Waals surface area (Å²) in [6.45, 7) is 5.65. The maximum absolute atomic E-state index is 6.34. The maximum atomic E-state index is 6.34. The molecular formula is C15H21N3S. The molecule has 0 aliphatic heterocycles. The van der Waals surface area contributed by atoms with E-state index >= 15 is 0 Å². The van der Waals surface area contributed by atoms with E-state index in [1.54, 1.807) is 11.3 Å². The van der Waals surface area contributed by atoms with E-state index in [1.165, 1.54) is 29.6 Å². The second kappa shape index (κ2) is 5.00. The SMILES string of the molecule is CC(C)CCN(c1ccc2scnc2c1N)C1CC1. The zero-order valence-electron chi connectivity index (χ0n) is 11.6. The van der Waals surface area contributed by atoms with Crippen molar-refractivity contribution < 1.29 is 0 Å². The molecule has 0 spiro atoms. The Balaban J connectivity index is 1.92. The highest BCUT2D eigenvalue weighted by molar-refractivity contribution is 7.16. The van der Waals surface area contributed by atoms with Crippen molar-refractivity contribution in [2.75, 3.05) is 17.2 Å². The summed E-state index contributed by atoms with van der Waals surface area (Å²) in [4.78, 5) is 6.90. The van der Waals surface area contributed by atoms with Crippen LogP contribution in [0.2, 0.25) is 0 Å². The fourth-order valence-electron chi connectivity index (χ4n) is 2.48. The minimum atomic E-state index is 0.692. The van der Waals surface area contributed by atoms with Gasteiger partial charge in [0.2, 0.25) is 0 Å². The van der Waals surface area contributed by atoms with Crippen LogP contribution < -0.4 is 10.6 Å². The molecule has 2 N–H and O–H groups in total. The molecule has 1 heterocycles. The number of nitrogens with two attached hydrogens (primary N) is 1. The van der Waals surface area contributed by atoms with Gasteiger partial charge in [-0.1, -0.05) is 13.8 Å². The molecule has 102 valence electrons. The number of rotatable bonds is 5. The van der Waals surface area contributed by atoms with Crippen LogP contribution in [0.15, 0.2) is 17.6 Å². The lowest BCUT2D eigenvalue weighted by Crippen LogP contribution is -2.28. The number of nitrogens with zero attached hydrogens (tertiary/aromatic N) is 2. The summed E-state index contributed by atoms with van der Waals surface area (Å²) in [6.07, 6.45) is 3.81. The maximum Gasteiger partial charge on any atom is 0.106 e. The second-order valence-electron chi connectivity index (χ2n) is 5.80. The average molecular weight is 275 g/mol. The van der Waals surface area contributed by atoms with Crippen molar-refractivity contribution in [3.05, 3.63) is 17.6 Å². The number of anilines is 2. The Kier molecular flexibility index (Phi) is 3.35. The smallest absolute Gasteiger partial charge is 0.106 e. The molecule has 1 aromatic heterocycles. The minimum absolute atomic E-state index is 0.692. The third kappa shape index (κ3) is 2.54. The Morgan fingerprint density at radius 2 is 2.21 bits per heavy atom. The summed E-state index contributed by atoms with van der Waals surface area (Å²) in [5, 5.41) is 0. The number of aromatic nitrogens is 1. The third-order valence-corrected chi connectivity index (χ3v) is 4.56. The summed E-state index contributed by atoms with van der Waals surface area (Å²) in [5.41, 5.74) is 11.2. The molecule has 1 aliphatic rings. The second-order valence-corrected chi connectivity index (χ2v) is 6.69. The van der Waals surface area contributed by atoms with Gasteiger partial charge in [-0.3, -0.25) is 0 Å². The van der Waals surface area contributed by atoms with Crippen LogP contribution in [-0.4, -0.2) is 17.6 Å². The zero-order valence-corrected chi connectivity index (χ0v) is 12.4. The van der Waals surface area contributed by atoms with E-state index < -0.39 is 0 Å². The molecule has 0 unspecified atom stereocenters. The number of hydrogen-bond donors (Lipinski definition) is 1. The topological polar surface area (TPSA) is 42.2 Å². The first-order chi connectivity index (χ1) is 9.16. The van der Waals surface area contributed by atoms with E-state index in [-0.39, 0.29) is 0 Å². The quantitative estimate of drug-likeness (QED) is 0.842. The Labute approximate surface area is 118 Å². The van der Waals surface area contributed by atoms with Crippen LogP contribution in [0.1, 0.15) is 33.1 Å². The predicted molar refractivity (Wildman–Crippen MR) is 83.9 cm³/mol. The average Bonchev–Trinajstić information content (AvgIpc) is 3.09. The van der Waals surface area contributed by atoms with Crippen molar-refractivity contribution in [2.45, 2.75) is 39.2 Å². The van der Waals surface area contributed by atoms with Crippen molar-refractivity contribution in [2.24, 2.45) is 5.92 Å². The lowest BCUT2D eigenvalue weighted by molar-refractivity contribution is 0.571. The molecule has 4 heteroatoms. The Morgan fingerprint density at radius 1 is 1.42 bits per heavy atom. The van der Waals surface area contributed by atoms with Crippen molar-refractivity contribution in [1.82, 2.24) is 4.98 Å². The number of fused-ring (bicyclic) bond motifs is 1. The molecule has 0 radical (unpaired) electrons. The van der Waals surface area contributed by atoms with Crippen molar-refractivity contribution >= 4 is 32.9 Å². The van der Waals surface area contributed by atoms with Crippen LogP contribution in [0.4, 0.5) is 11.4 Å². The minimum Gasteiger partial charge on any atom is -0.395 e. The van der Waals surface area contributed by atoms with Gasteiger partial charge in [0.25, 0.3) is 0 Å². The van der Waals surface area contributed by atoms with E-state index in [4.69, 9.17) is 5.73 Å². The molecule has 1 saturated carbocycles. The highest BCUT2D eigenvalue weighted by Crippen LogP contribution is 2.38. The van der Waals surface area contributed by atoms with Gasteiger partial charge in [0.15, 0.2) is 0 Å². The van der Waals surface area contributed by atoms with Crippen molar-refractivity contribution in [3.63, 3.8) is 0 Å². The molecule has 3 rings (SSSR count). The molecule has 0 bridgehead atoms. The van der Waals surface area contributed by atoms with E-state index in [2.05, 4.69) is 35.9 Å². The first-order valence-corrected chi connectivity index (χ1v) is 7.93. The fraction of sp³-hybridized carbons (Fsp3) is 0.533. The molecule has 19 heavy (non-hydrogen) atoms. The Hall–Kier alpha value is -1.29. The summed E-state index contributed by atoms with van der Waals surface area (Å²) in [6, 6.07) is 5.02. The number of benzene rings is 1. The van der Waals surface area contributed by atoms with Crippen LogP contribution in [0.25, 0.3) is 10.2 Å².